The molecule has 5 heteroatoms. The van der Waals surface area contributed by atoms with Crippen molar-refractivity contribution in [3.63, 3.8) is 0 Å². The van der Waals surface area contributed by atoms with E-state index in [1.807, 2.05) is 0 Å². The molecule has 0 saturated heterocycles. The van der Waals surface area contributed by atoms with Crippen molar-refractivity contribution in [3.8, 4) is 0 Å². The van der Waals surface area contributed by atoms with Gasteiger partial charge in [-0.3, -0.25) is 0 Å². The Kier molecular flexibility index (Phi) is 6.52. The van der Waals surface area contributed by atoms with Gasteiger partial charge in [0.15, 0.2) is 0 Å². The molecule has 1 heterocycles. The van der Waals surface area contributed by atoms with E-state index in [2.05, 4.69) is 41.0 Å². The second-order valence-corrected chi connectivity index (χ2v) is 4.97. The van der Waals surface area contributed by atoms with Gasteiger partial charge in [-0.25, -0.2) is 0 Å². The van der Waals surface area contributed by atoms with Crippen LogP contribution in [-0.2, 0) is 13.0 Å². The van der Waals surface area contributed by atoms with Crippen molar-refractivity contribution < 1.29 is 0 Å². The Morgan fingerprint density at radius 2 is 2.12 bits per heavy atom. The fraction of sp³-hybridized carbons (Fsp3) is 0.818. The smallest absolute Gasteiger partial charge is 0.0797 e. The zero-order chi connectivity index (χ0) is 11.8. The van der Waals surface area contributed by atoms with Crippen LogP contribution in [0.25, 0.3) is 0 Å². The first-order chi connectivity index (χ1) is 7.74. The van der Waals surface area contributed by atoms with Crippen molar-refractivity contribution in [2.75, 3.05) is 13.1 Å². The number of hydrogen-bond acceptors (Lipinski definition) is 5. The minimum atomic E-state index is 0.581. The number of hydrogen-bond donors (Lipinski definition) is 2. The van der Waals surface area contributed by atoms with Gasteiger partial charge in [0.05, 0.1) is 10.6 Å². The fourth-order valence-electron chi connectivity index (χ4n) is 1.44. The molecule has 16 heavy (non-hydrogen) atoms. The van der Waals surface area contributed by atoms with E-state index in [1.165, 1.54) is 16.4 Å². The minimum absolute atomic E-state index is 0.581. The second kappa shape index (κ2) is 7.70. The van der Waals surface area contributed by atoms with Crippen molar-refractivity contribution in [3.05, 3.63) is 10.6 Å². The molecule has 1 aromatic heterocycles. The first kappa shape index (κ1) is 13.5. The summed E-state index contributed by atoms with van der Waals surface area (Å²) >= 11 is 1.50. The van der Waals surface area contributed by atoms with E-state index in [9.17, 15) is 0 Å². The normalized spacial score (nSPS) is 11.2. The highest BCUT2D eigenvalue weighted by Crippen LogP contribution is 2.10. The zero-order valence-corrected chi connectivity index (χ0v) is 11.2. The average Bonchev–Trinajstić information content (AvgIpc) is 2.70. The Balaban J connectivity index is 2.07. The van der Waals surface area contributed by atoms with Crippen molar-refractivity contribution in [2.24, 2.45) is 0 Å². The van der Waals surface area contributed by atoms with Gasteiger partial charge in [0.25, 0.3) is 0 Å². The molecule has 92 valence electrons. The highest BCUT2D eigenvalue weighted by molar-refractivity contribution is 7.05. The molecule has 0 aromatic carbocycles. The summed E-state index contributed by atoms with van der Waals surface area (Å²) < 4.78 is 3.97. The van der Waals surface area contributed by atoms with Gasteiger partial charge in [0.1, 0.15) is 0 Å². The summed E-state index contributed by atoms with van der Waals surface area (Å²) in [5.74, 6) is 0. The molecule has 0 radical (unpaired) electrons. The Labute approximate surface area is 102 Å². The minimum Gasteiger partial charge on any atom is -0.314 e. The van der Waals surface area contributed by atoms with E-state index >= 15 is 0 Å². The molecule has 0 aliphatic heterocycles. The maximum absolute atomic E-state index is 4.09. The molecule has 2 N–H and O–H groups in total. The van der Waals surface area contributed by atoms with Crippen LogP contribution in [0.4, 0.5) is 0 Å². The lowest BCUT2D eigenvalue weighted by Crippen LogP contribution is -2.26. The molecular formula is C11H22N4S. The van der Waals surface area contributed by atoms with Crippen molar-refractivity contribution in [1.29, 1.82) is 0 Å². The highest BCUT2D eigenvalue weighted by Gasteiger charge is 2.04. The van der Waals surface area contributed by atoms with Gasteiger partial charge in [-0.1, -0.05) is 25.3 Å². The molecule has 0 fully saturated rings. The van der Waals surface area contributed by atoms with Crippen molar-refractivity contribution >= 4 is 11.5 Å². The molecule has 1 aromatic rings. The van der Waals surface area contributed by atoms with Crippen LogP contribution in [0.3, 0.4) is 0 Å². The third-order valence-corrected chi connectivity index (χ3v) is 3.10. The molecule has 0 saturated carbocycles. The average molecular weight is 242 g/mol. The first-order valence-corrected chi connectivity index (χ1v) is 6.75. The van der Waals surface area contributed by atoms with Gasteiger partial charge < -0.3 is 10.6 Å². The Morgan fingerprint density at radius 3 is 2.81 bits per heavy atom. The largest absolute Gasteiger partial charge is 0.314 e. The first-order valence-electron chi connectivity index (χ1n) is 5.98. The summed E-state index contributed by atoms with van der Waals surface area (Å²) in [7, 11) is 0. The molecule has 0 spiro atoms. The maximum Gasteiger partial charge on any atom is 0.0797 e. The van der Waals surface area contributed by atoms with Gasteiger partial charge in [0, 0.05) is 12.6 Å². The second-order valence-electron chi connectivity index (χ2n) is 4.14. The number of aromatic nitrogens is 2. The van der Waals surface area contributed by atoms with E-state index in [0.29, 0.717) is 6.04 Å². The summed E-state index contributed by atoms with van der Waals surface area (Å²) in [6.45, 7) is 9.48. The van der Waals surface area contributed by atoms with E-state index in [4.69, 9.17) is 0 Å². The number of nitrogens with one attached hydrogen (secondary N) is 2. The van der Waals surface area contributed by atoms with Crippen LogP contribution in [0.2, 0.25) is 0 Å². The Hall–Kier alpha value is -0.520. The summed E-state index contributed by atoms with van der Waals surface area (Å²) in [6.07, 6.45) is 2.13. The zero-order valence-electron chi connectivity index (χ0n) is 10.4. The van der Waals surface area contributed by atoms with Crippen LogP contribution in [0, 0.1) is 0 Å². The van der Waals surface area contributed by atoms with Crippen LogP contribution < -0.4 is 10.6 Å². The molecule has 0 atom stereocenters. The summed E-state index contributed by atoms with van der Waals surface area (Å²) in [5, 5.41) is 10.9. The van der Waals surface area contributed by atoms with Crippen molar-refractivity contribution in [2.45, 2.75) is 46.2 Å². The number of nitrogens with zero attached hydrogens (tertiary/aromatic N) is 2. The molecular weight excluding hydrogens is 220 g/mol. The summed E-state index contributed by atoms with van der Waals surface area (Å²) in [4.78, 5) is 1.28. The Bertz CT molecular complexity index is 285. The van der Waals surface area contributed by atoms with Crippen LogP contribution >= 0.6 is 11.5 Å². The lowest BCUT2D eigenvalue weighted by molar-refractivity contribution is 0.548. The third-order valence-electron chi connectivity index (χ3n) is 2.34. The topological polar surface area (TPSA) is 49.8 Å². The third kappa shape index (κ3) is 5.01. The lowest BCUT2D eigenvalue weighted by Gasteiger charge is -2.08. The maximum atomic E-state index is 4.09. The molecule has 0 aliphatic carbocycles. The van der Waals surface area contributed by atoms with Gasteiger partial charge in [-0.2, -0.15) is 0 Å². The lowest BCUT2D eigenvalue weighted by atomic mass is 10.3. The fourth-order valence-corrected chi connectivity index (χ4v) is 2.13. The molecule has 4 nitrogen and oxygen atoms in total. The monoisotopic (exact) mass is 242 g/mol. The van der Waals surface area contributed by atoms with Gasteiger partial charge in [0.2, 0.25) is 0 Å². The van der Waals surface area contributed by atoms with Crippen LogP contribution in [0.15, 0.2) is 0 Å². The standard InChI is InChI=1S/C11H22N4S/c1-4-10-11(16-15-14-10)8-12-6-5-7-13-9(2)3/h9,12-13H,4-8H2,1-3H3. The Morgan fingerprint density at radius 1 is 1.31 bits per heavy atom. The number of rotatable bonds is 8. The molecule has 0 unspecified atom stereocenters. The quantitative estimate of drug-likeness (QED) is 0.680. The molecule has 0 amide bonds. The predicted octanol–water partition coefficient (Wildman–Crippen LogP) is 1.58. The SMILES string of the molecule is CCc1nnsc1CNCCCNC(C)C. The molecule has 0 bridgehead atoms. The molecule has 1 rings (SSSR count). The van der Waals surface area contributed by atoms with Crippen LogP contribution in [0.5, 0.6) is 0 Å². The molecule has 0 aliphatic rings. The summed E-state index contributed by atoms with van der Waals surface area (Å²) in [6, 6.07) is 0.581. The van der Waals surface area contributed by atoms with Crippen LogP contribution in [-0.4, -0.2) is 28.7 Å². The van der Waals surface area contributed by atoms with Crippen LogP contribution in [0.1, 0.15) is 37.8 Å². The van der Waals surface area contributed by atoms with Gasteiger partial charge in [-0.05, 0) is 37.5 Å². The van der Waals surface area contributed by atoms with Gasteiger partial charge in [-0.15, -0.1) is 5.10 Å². The van der Waals surface area contributed by atoms with Crippen molar-refractivity contribution in [1.82, 2.24) is 20.2 Å². The summed E-state index contributed by atoms with van der Waals surface area (Å²) in [5.41, 5.74) is 1.14. The number of aryl methyl sites for hydroxylation is 1. The van der Waals surface area contributed by atoms with Gasteiger partial charge >= 0.3 is 0 Å². The van der Waals surface area contributed by atoms with E-state index in [0.717, 1.165) is 38.2 Å². The predicted molar refractivity (Wildman–Crippen MR) is 68.7 cm³/mol. The van der Waals surface area contributed by atoms with E-state index < -0.39 is 0 Å². The highest BCUT2D eigenvalue weighted by atomic mass is 32.1. The van der Waals surface area contributed by atoms with E-state index in [1.54, 1.807) is 0 Å². The van der Waals surface area contributed by atoms with E-state index in [-0.39, 0.29) is 0 Å².